The van der Waals surface area contributed by atoms with Crippen molar-refractivity contribution in [2.45, 2.75) is 6.42 Å². The Balaban J connectivity index is 1.68. The minimum absolute atomic E-state index is 0.170. The lowest BCUT2D eigenvalue weighted by Crippen LogP contribution is -2.12. The highest BCUT2D eigenvalue weighted by atomic mass is 32.1. The SMILES string of the molecule is O=C(Nc1ccccc1)c1csc(Cc2ccccc2)n1. The smallest absolute Gasteiger partial charge is 0.275 e. The summed E-state index contributed by atoms with van der Waals surface area (Å²) in [5.74, 6) is -0.170. The lowest BCUT2D eigenvalue weighted by atomic mass is 10.2. The first-order valence-corrected chi connectivity index (χ1v) is 7.54. The lowest BCUT2D eigenvalue weighted by molar-refractivity contribution is 0.102. The predicted octanol–water partition coefficient (Wildman–Crippen LogP) is 3.99. The Morgan fingerprint density at radius 1 is 1.00 bits per heavy atom. The number of benzene rings is 2. The van der Waals surface area contributed by atoms with E-state index < -0.39 is 0 Å². The van der Waals surface area contributed by atoms with Gasteiger partial charge < -0.3 is 5.32 Å². The molecule has 1 heterocycles. The van der Waals surface area contributed by atoms with Gasteiger partial charge in [0.25, 0.3) is 5.91 Å². The van der Waals surface area contributed by atoms with Crippen molar-refractivity contribution in [1.82, 2.24) is 4.98 Å². The van der Waals surface area contributed by atoms with Crippen LogP contribution in [-0.2, 0) is 6.42 Å². The minimum atomic E-state index is -0.170. The van der Waals surface area contributed by atoms with E-state index in [2.05, 4.69) is 22.4 Å². The monoisotopic (exact) mass is 294 g/mol. The van der Waals surface area contributed by atoms with E-state index in [9.17, 15) is 4.79 Å². The number of para-hydroxylation sites is 1. The maximum Gasteiger partial charge on any atom is 0.275 e. The fourth-order valence-electron chi connectivity index (χ4n) is 1.98. The Kier molecular flexibility index (Phi) is 4.07. The molecular formula is C17H14N2OS. The van der Waals surface area contributed by atoms with Gasteiger partial charge in [-0.1, -0.05) is 48.5 Å². The quantitative estimate of drug-likeness (QED) is 0.790. The van der Waals surface area contributed by atoms with E-state index >= 15 is 0 Å². The molecule has 0 atom stereocenters. The van der Waals surface area contributed by atoms with Crippen LogP contribution in [-0.4, -0.2) is 10.9 Å². The Bertz CT molecular complexity index is 723. The van der Waals surface area contributed by atoms with Crippen molar-refractivity contribution in [3.8, 4) is 0 Å². The summed E-state index contributed by atoms with van der Waals surface area (Å²) in [7, 11) is 0. The molecule has 0 spiro atoms. The van der Waals surface area contributed by atoms with E-state index in [1.807, 2.05) is 48.5 Å². The van der Waals surface area contributed by atoms with Crippen LogP contribution in [0, 0.1) is 0 Å². The van der Waals surface area contributed by atoms with Gasteiger partial charge in [0, 0.05) is 17.5 Å². The number of amides is 1. The summed E-state index contributed by atoms with van der Waals surface area (Å²) >= 11 is 1.51. The first-order chi connectivity index (χ1) is 10.3. The molecular weight excluding hydrogens is 280 g/mol. The van der Waals surface area contributed by atoms with Gasteiger partial charge in [0.05, 0.1) is 5.01 Å². The number of aromatic nitrogens is 1. The van der Waals surface area contributed by atoms with Gasteiger partial charge in [-0.05, 0) is 17.7 Å². The van der Waals surface area contributed by atoms with Crippen LogP contribution in [0.4, 0.5) is 5.69 Å². The summed E-state index contributed by atoms with van der Waals surface area (Å²) < 4.78 is 0. The van der Waals surface area contributed by atoms with Crippen LogP contribution in [0.2, 0.25) is 0 Å². The average Bonchev–Trinajstić information content (AvgIpc) is 2.98. The molecule has 0 unspecified atom stereocenters. The van der Waals surface area contributed by atoms with Gasteiger partial charge >= 0.3 is 0 Å². The summed E-state index contributed by atoms with van der Waals surface area (Å²) in [6.45, 7) is 0. The van der Waals surface area contributed by atoms with E-state index in [-0.39, 0.29) is 5.91 Å². The third-order valence-electron chi connectivity index (χ3n) is 3.01. The number of anilines is 1. The molecule has 0 saturated heterocycles. The predicted molar refractivity (Wildman–Crippen MR) is 85.8 cm³/mol. The molecule has 1 aromatic heterocycles. The largest absolute Gasteiger partial charge is 0.321 e. The maximum atomic E-state index is 12.1. The summed E-state index contributed by atoms with van der Waals surface area (Å²) in [5.41, 5.74) is 2.44. The Morgan fingerprint density at radius 3 is 2.38 bits per heavy atom. The second kappa shape index (κ2) is 6.33. The van der Waals surface area contributed by atoms with Gasteiger partial charge in [-0.15, -0.1) is 11.3 Å². The standard InChI is InChI=1S/C17H14N2OS/c20-17(18-14-9-5-2-6-10-14)15-12-21-16(19-15)11-13-7-3-1-4-8-13/h1-10,12H,11H2,(H,18,20). The Hall–Kier alpha value is -2.46. The fraction of sp³-hybridized carbons (Fsp3) is 0.0588. The molecule has 0 fully saturated rings. The van der Waals surface area contributed by atoms with Gasteiger partial charge in [-0.25, -0.2) is 4.98 Å². The van der Waals surface area contributed by atoms with E-state index in [4.69, 9.17) is 0 Å². The van der Waals surface area contributed by atoms with E-state index in [1.54, 1.807) is 5.38 Å². The molecule has 4 heteroatoms. The molecule has 2 aromatic carbocycles. The molecule has 1 amide bonds. The summed E-state index contributed by atoms with van der Waals surface area (Å²) in [6.07, 6.45) is 0.754. The fourth-order valence-corrected chi connectivity index (χ4v) is 2.79. The van der Waals surface area contributed by atoms with Gasteiger partial charge in [0.15, 0.2) is 0 Å². The minimum Gasteiger partial charge on any atom is -0.321 e. The van der Waals surface area contributed by atoms with Gasteiger partial charge in [0.2, 0.25) is 0 Å². The number of carbonyl (C=O) groups excluding carboxylic acids is 1. The lowest BCUT2D eigenvalue weighted by Gasteiger charge is -2.01. The van der Waals surface area contributed by atoms with E-state index in [0.717, 1.165) is 17.1 Å². The average molecular weight is 294 g/mol. The first-order valence-electron chi connectivity index (χ1n) is 6.66. The van der Waals surface area contributed by atoms with Crippen LogP contribution >= 0.6 is 11.3 Å². The maximum absolute atomic E-state index is 12.1. The second-order valence-corrected chi connectivity index (χ2v) is 5.55. The van der Waals surface area contributed by atoms with Gasteiger partial charge in [-0.2, -0.15) is 0 Å². The van der Waals surface area contributed by atoms with E-state index in [0.29, 0.717) is 5.69 Å². The summed E-state index contributed by atoms with van der Waals surface area (Å²) in [4.78, 5) is 16.5. The van der Waals surface area contributed by atoms with Crippen LogP contribution in [0.15, 0.2) is 66.0 Å². The van der Waals surface area contributed by atoms with Crippen molar-refractivity contribution in [2.75, 3.05) is 5.32 Å². The number of nitrogens with one attached hydrogen (secondary N) is 1. The molecule has 0 radical (unpaired) electrons. The van der Waals surface area contributed by atoms with Crippen LogP contribution in [0.3, 0.4) is 0 Å². The third kappa shape index (κ3) is 3.55. The molecule has 0 aliphatic rings. The molecule has 3 aromatic rings. The zero-order valence-electron chi connectivity index (χ0n) is 11.3. The number of thiazole rings is 1. The molecule has 0 aliphatic carbocycles. The topological polar surface area (TPSA) is 42.0 Å². The highest BCUT2D eigenvalue weighted by Crippen LogP contribution is 2.16. The normalized spacial score (nSPS) is 10.3. The van der Waals surface area contributed by atoms with Crippen molar-refractivity contribution in [3.63, 3.8) is 0 Å². The molecule has 0 saturated carbocycles. The summed E-state index contributed by atoms with van der Waals surface area (Å²) in [5, 5.41) is 5.59. The molecule has 0 aliphatic heterocycles. The zero-order valence-corrected chi connectivity index (χ0v) is 12.1. The molecule has 0 bridgehead atoms. The molecule has 104 valence electrons. The van der Waals surface area contributed by atoms with Gasteiger partial charge in [-0.3, -0.25) is 4.79 Å². The molecule has 3 nitrogen and oxygen atoms in total. The molecule has 21 heavy (non-hydrogen) atoms. The number of nitrogens with zero attached hydrogens (tertiary/aromatic N) is 1. The molecule has 3 rings (SSSR count). The van der Waals surface area contributed by atoms with Crippen molar-refractivity contribution in [3.05, 3.63) is 82.3 Å². The Labute approximate surface area is 127 Å². The highest BCUT2D eigenvalue weighted by molar-refractivity contribution is 7.09. The first kappa shape index (κ1) is 13.5. The summed E-state index contributed by atoms with van der Waals surface area (Å²) in [6, 6.07) is 19.5. The second-order valence-electron chi connectivity index (χ2n) is 4.61. The van der Waals surface area contributed by atoms with Crippen LogP contribution in [0.1, 0.15) is 21.1 Å². The highest BCUT2D eigenvalue weighted by Gasteiger charge is 2.11. The third-order valence-corrected chi connectivity index (χ3v) is 3.86. The van der Waals surface area contributed by atoms with Crippen LogP contribution in [0.5, 0.6) is 0 Å². The van der Waals surface area contributed by atoms with Crippen molar-refractivity contribution in [2.24, 2.45) is 0 Å². The number of rotatable bonds is 4. The number of hydrogen-bond donors (Lipinski definition) is 1. The zero-order chi connectivity index (χ0) is 14.5. The number of hydrogen-bond acceptors (Lipinski definition) is 3. The van der Waals surface area contributed by atoms with E-state index in [1.165, 1.54) is 16.9 Å². The molecule has 1 N–H and O–H groups in total. The van der Waals surface area contributed by atoms with Crippen molar-refractivity contribution in [1.29, 1.82) is 0 Å². The van der Waals surface area contributed by atoms with Crippen LogP contribution < -0.4 is 5.32 Å². The van der Waals surface area contributed by atoms with Gasteiger partial charge in [0.1, 0.15) is 5.69 Å². The Morgan fingerprint density at radius 2 is 1.67 bits per heavy atom. The van der Waals surface area contributed by atoms with Crippen molar-refractivity contribution < 1.29 is 4.79 Å². The van der Waals surface area contributed by atoms with Crippen LogP contribution in [0.25, 0.3) is 0 Å². The van der Waals surface area contributed by atoms with Crippen molar-refractivity contribution >= 4 is 22.9 Å². The number of carbonyl (C=O) groups is 1.